The van der Waals surface area contributed by atoms with Crippen molar-refractivity contribution in [3.63, 3.8) is 0 Å². The highest BCUT2D eigenvalue weighted by Crippen LogP contribution is 2.03. The van der Waals surface area contributed by atoms with Gasteiger partial charge in [0.05, 0.1) is 6.61 Å². The Labute approximate surface area is 102 Å². The molecule has 3 heteroatoms. The van der Waals surface area contributed by atoms with Gasteiger partial charge in [0.15, 0.2) is 0 Å². The van der Waals surface area contributed by atoms with Crippen molar-refractivity contribution in [2.75, 3.05) is 39.9 Å². The van der Waals surface area contributed by atoms with Crippen LogP contribution in [0.4, 0.5) is 0 Å². The van der Waals surface area contributed by atoms with E-state index in [9.17, 15) is 0 Å². The van der Waals surface area contributed by atoms with E-state index in [1.165, 1.54) is 25.8 Å². The molecular weight excluding hydrogens is 200 g/mol. The van der Waals surface area contributed by atoms with E-state index in [1.807, 2.05) is 0 Å². The number of methoxy groups -OCH3 is 1. The second kappa shape index (κ2) is 11.4. The molecule has 0 bridgehead atoms. The van der Waals surface area contributed by atoms with Crippen LogP contribution in [-0.4, -0.2) is 50.8 Å². The van der Waals surface area contributed by atoms with Gasteiger partial charge in [0.2, 0.25) is 0 Å². The molecular formula is C13H30N2O. The van der Waals surface area contributed by atoms with E-state index < -0.39 is 0 Å². The molecule has 0 aliphatic heterocycles. The molecule has 0 aromatic rings. The van der Waals surface area contributed by atoms with E-state index in [2.05, 4.69) is 31.0 Å². The third-order valence-corrected chi connectivity index (χ3v) is 3.02. The van der Waals surface area contributed by atoms with Gasteiger partial charge in [-0.25, -0.2) is 0 Å². The smallest absolute Gasteiger partial charge is 0.0589 e. The quantitative estimate of drug-likeness (QED) is 0.550. The maximum absolute atomic E-state index is 5.15. The first kappa shape index (κ1) is 15.9. The van der Waals surface area contributed by atoms with Gasteiger partial charge >= 0.3 is 0 Å². The van der Waals surface area contributed by atoms with Crippen molar-refractivity contribution in [3.05, 3.63) is 0 Å². The molecule has 98 valence electrons. The molecule has 0 heterocycles. The topological polar surface area (TPSA) is 24.5 Å². The molecule has 0 saturated carbocycles. The Morgan fingerprint density at radius 3 is 2.50 bits per heavy atom. The Hall–Kier alpha value is -0.120. The molecule has 0 fully saturated rings. The van der Waals surface area contributed by atoms with Crippen LogP contribution in [0, 0.1) is 0 Å². The minimum Gasteiger partial charge on any atom is -0.383 e. The minimum absolute atomic E-state index is 0.668. The summed E-state index contributed by atoms with van der Waals surface area (Å²) in [4.78, 5) is 2.52. The van der Waals surface area contributed by atoms with Gasteiger partial charge in [-0.05, 0) is 45.8 Å². The summed E-state index contributed by atoms with van der Waals surface area (Å²) in [6.45, 7) is 12.1. The highest BCUT2D eigenvalue weighted by atomic mass is 16.5. The number of hydrogen-bond donors (Lipinski definition) is 1. The van der Waals surface area contributed by atoms with Crippen molar-refractivity contribution in [1.29, 1.82) is 0 Å². The molecule has 1 unspecified atom stereocenters. The van der Waals surface area contributed by atoms with Crippen molar-refractivity contribution >= 4 is 0 Å². The SMILES string of the molecule is CCCNCCCN(CCOC)C(C)CC. The average molecular weight is 230 g/mol. The zero-order valence-corrected chi connectivity index (χ0v) is 11.6. The lowest BCUT2D eigenvalue weighted by molar-refractivity contribution is 0.122. The first-order valence-electron chi connectivity index (χ1n) is 6.69. The van der Waals surface area contributed by atoms with Gasteiger partial charge < -0.3 is 10.1 Å². The fraction of sp³-hybridized carbons (Fsp3) is 1.00. The third kappa shape index (κ3) is 8.08. The third-order valence-electron chi connectivity index (χ3n) is 3.02. The van der Waals surface area contributed by atoms with E-state index in [1.54, 1.807) is 7.11 Å². The van der Waals surface area contributed by atoms with Gasteiger partial charge in [0.25, 0.3) is 0 Å². The average Bonchev–Trinajstić information content (AvgIpc) is 2.31. The minimum atomic E-state index is 0.668. The maximum Gasteiger partial charge on any atom is 0.0589 e. The van der Waals surface area contributed by atoms with E-state index in [0.717, 1.165) is 26.2 Å². The van der Waals surface area contributed by atoms with Crippen LogP contribution in [-0.2, 0) is 4.74 Å². The van der Waals surface area contributed by atoms with Gasteiger partial charge in [-0.15, -0.1) is 0 Å². The number of nitrogens with one attached hydrogen (secondary N) is 1. The summed E-state index contributed by atoms with van der Waals surface area (Å²) in [7, 11) is 1.78. The number of rotatable bonds is 11. The normalized spacial score (nSPS) is 13.3. The summed E-state index contributed by atoms with van der Waals surface area (Å²) in [5, 5.41) is 3.45. The standard InChI is InChI=1S/C13H30N2O/c1-5-8-14-9-7-10-15(11-12-16-4)13(3)6-2/h13-14H,5-12H2,1-4H3. The van der Waals surface area contributed by atoms with Crippen LogP contribution in [0.25, 0.3) is 0 Å². The largest absolute Gasteiger partial charge is 0.383 e. The summed E-state index contributed by atoms with van der Waals surface area (Å²) < 4.78 is 5.15. The van der Waals surface area contributed by atoms with Crippen LogP contribution >= 0.6 is 0 Å². The van der Waals surface area contributed by atoms with Gasteiger partial charge in [0.1, 0.15) is 0 Å². The summed E-state index contributed by atoms with van der Waals surface area (Å²) >= 11 is 0. The van der Waals surface area contributed by atoms with E-state index >= 15 is 0 Å². The summed E-state index contributed by atoms with van der Waals surface area (Å²) in [5.41, 5.74) is 0. The highest BCUT2D eigenvalue weighted by molar-refractivity contribution is 4.66. The number of hydrogen-bond acceptors (Lipinski definition) is 3. The van der Waals surface area contributed by atoms with Gasteiger partial charge in [0, 0.05) is 19.7 Å². The molecule has 0 spiro atoms. The Balaban J connectivity index is 3.65. The monoisotopic (exact) mass is 230 g/mol. The predicted octanol–water partition coefficient (Wildman–Crippen LogP) is 2.12. The predicted molar refractivity (Wildman–Crippen MR) is 71.0 cm³/mol. The molecule has 1 atom stereocenters. The van der Waals surface area contributed by atoms with E-state index in [4.69, 9.17) is 4.74 Å². The Morgan fingerprint density at radius 1 is 1.19 bits per heavy atom. The molecule has 16 heavy (non-hydrogen) atoms. The van der Waals surface area contributed by atoms with Crippen molar-refractivity contribution in [2.45, 2.75) is 46.1 Å². The van der Waals surface area contributed by atoms with Gasteiger partial charge in [-0.1, -0.05) is 13.8 Å². The highest BCUT2D eigenvalue weighted by Gasteiger charge is 2.10. The van der Waals surface area contributed by atoms with Crippen LogP contribution in [0.2, 0.25) is 0 Å². The lowest BCUT2D eigenvalue weighted by atomic mass is 10.2. The van der Waals surface area contributed by atoms with Crippen LogP contribution in [0.15, 0.2) is 0 Å². The van der Waals surface area contributed by atoms with Gasteiger partial charge in [-0.3, -0.25) is 4.90 Å². The molecule has 0 aromatic carbocycles. The van der Waals surface area contributed by atoms with Crippen LogP contribution in [0.5, 0.6) is 0 Å². The second-order valence-electron chi connectivity index (χ2n) is 4.39. The van der Waals surface area contributed by atoms with E-state index in [0.29, 0.717) is 6.04 Å². The van der Waals surface area contributed by atoms with Gasteiger partial charge in [-0.2, -0.15) is 0 Å². The zero-order valence-electron chi connectivity index (χ0n) is 11.6. The molecule has 0 radical (unpaired) electrons. The Morgan fingerprint density at radius 2 is 1.94 bits per heavy atom. The molecule has 0 rings (SSSR count). The molecule has 0 amide bonds. The Bertz CT molecular complexity index is 142. The summed E-state index contributed by atoms with van der Waals surface area (Å²) in [6.07, 6.45) is 3.67. The molecule has 3 nitrogen and oxygen atoms in total. The molecule has 0 aromatic heterocycles. The summed E-state index contributed by atoms with van der Waals surface area (Å²) in [6, 6.07) is 0.668. The molecule has 1 N–H and O–H groups in total. The van der Waals surface area contributed by atoms with Crippen LogP contribution in [0.1, 0.15) is 40.0 Å². The Kier molecular flexibility index (Phi) is 11.3. The first-order valence-corrected chi connectivity index (χ1v) is 6.69. The lowest BCUT2D eigenvalue weighted by Gasteiger charge is -2.28. The van der Waals surface area contributed by atoms with Crippen LogP contribution < -0.4 is 5.32 Å². The fourth-order valence-corrected chi connectivity index (χ4v) is 1.73. The first-order chi connectivity index (χ1) is 7.76. The summed E-state index contributed by atoms with van der Waals surface area (Å²) in [5.74, 6) is 0. The number of ether oxygens (including phenoxy) is 1. The van der Waals surface area contributed by atoms with E-state index in [-0.39, 0.29) is 0 Å². The zero-order chi connectivity index (χ0) is 12.2. The molecule has 0 saturated heterocycles. The lowest BCUT2D eigenvalue weighted by Crippen LogP contribution is -2.37. The second-order valence-corrected chi connectivity index (χ2v) is 4.39. The van der Waals surface area contributed by atoms with Crippen molar-refractivity contribution in [2.24, 2.45) is 0 Å². The van der Waals surface area contributed by atoms with Crippen LogP contribution in [0.3, 0.4) is 0 Å². The van der Waals surface area contributed by atoms with Crippen molar-refractivity contribution in [3.8, 4) is 0 Å². The molecule has 0 aliphatic rings. The van der Waals surface area contributed by atoms with Crippen molar-refractivity contribution in [1.82, 2.24) is 10.2 Å². The number of nitrogens with zero attached hydrogens (tertiary/aromatic N) is 1. The maximum atomic E-state index is 5.15. The fourth-order valence-electron chi connectivity index (χ4n) is 1.73. The molecule has 0 aliphatic carbocycles. The van der Waals surface area contributed by atoms with Crippen molar-refractivity contribution < 1.29 is 4.74 Å².